The summed E-state index contributed by atoms with van der Waals surface area (Å²) in [6.45, 7) is 2.07. The second-order valence-electron chi connectivity index (χ2n) is 5.04. The summed E-state index contributed by atoms with van der Waals surface area (Å²) in [5.41, 5.74) is 0.653. The van der Waals surface area contributed by atoms with Crippen molar-refractivity contribution in [3.8, 4) is 11.1 Å². The lowest BCUT2D eigenvalue weighted by Gasteiger charge is -2.12. The maximum atomic E-state index is 13.8. The number of hydrogen-bond acceptors (Lipinski definition) is 2. The van der Waals surface area contributed by atoms with Gasteiger partial charge < -0.3 is 0 Å². The van der Waals surface area contributed by atoms with Gasteiger partial charge in [0.15, 0.2) is 0 Å². The quantitative estimate of drug-likeness (QED) is 0.755. The first-order chi connectivity index (χ1) is 9.01. The zero-order valence-corrected chi connectivity index (χ0v) is 11.8. The summed E-state index contributed by atoms with van der Waals surface area (Å²) in [6.07, 6.45) is 2.05. The van der Waals surface area contributed by atoms with Gasteiger partial charge in [0.25, 0.3) is 0 Å². The van der Waals surface area contributed by atoms with Crippen molar-refractivity contribution in [1.29, 1.82) is 0 Å². The van der Waals surface area contributed by atoms with Crippen LogP contribution in [0.2, 0.25) is 10.3 Å². The van der Waals surface area contributed by atoms with E-state index in [0.717, 1.165) is 12.8 Å². The van der Waals surface area contributed by atoms with E-state index < -0.39 is 0 Å². The Morgan fingerprint density at radius 2 is 1.68 bits per heavy atom. The summed E-state index contributed by atoms with van der Waals surface area (Å²) in [5, 5.41) is 0.404. The predicted molar refractivity (Wildman–Crippen MR) is 74.0 cm³/mol. The summed E-state index contributed by atoms with van der Waals surface area (Å²) in [5.74, 6) is 0.253. The van der Waals surface area contributed by atoms with Crippen LogP contribution in [-0.2, 0) is 5.41 Å². The van der Waals surface area contributed by atoms with E-state index in [1.54, 1.807) is 18.2 Å². The number of halogens is 3. The average Bonchev–Trinajstić information content (AvgIpc) is 3.10. The monoisotopic (exact) mass is 296 g/mol. The van der Waals surface area contributed by atoms with Crippen LogP contribution >= 0.6 is 23.2 Å². The lowest BCUT2D eigenvalue weighted by Crippen LogP contribution is -2.08. The molecular formula is C14H11Cl2FN2. The van der Waals surface area contributed by atoms with Crippen LogP contribution in [0.4, 0.5) is 4.39 Å². The number of hydrogen-bond donors (Lipinski definition) is 0. The van der Waals surface area contributed by atoms with Gasteiger partial charge in [0.2, 0.25) is 0 Å². The minimum atomic E-state index is -0.389. The van der Waals surface area contributed by atoms with E-state index in [1.165, 1.54) is 6.07 Å². The molecule has 3 rings (SSSR count). The first kappa shape index (κ1) is 12.8. The largest absolute Gasteiger partial charge is 0.220 e. The SMILES string of the molecule is CC1(c2nc(Cl)c(-c3ccccc3F)c(Cl)n2)CC1. The highest BCUT2D eigenvalue weighted by Gasteiger charge is 2.42. The lowest BCUT2D eigenvalue weighted by molar-refractivity contribution is 0.631. The van der Waals surface area contributed by atoms with E-state index in [4.69, 9.17) is 23.2 Å². The molecule has 0 aliphatic heterocycles. The molecule has 98 valence electrons. The topological polar surface area (TPSA) is 25.8 Å². The van der Waals surface area contributed by atoms with Crippen LogP contribution in [0.25, 0.3) is 11.1 Å². The van der Waals surface area contributed by atoms with Gasteiger partial charge in [0.05, 0.1) is 5.56 Å². The summed E-state index contributed by atoms with van der Waals surface area (Å²) in [7, 11) is 0. The van der Waals surface area contributed by atoms with Crippen LogP contribution in [0, 0.1) is 5.82 Å². The van der Waals surface area contributed by atoms with Crippen LogP contribution in [0.5, 0.6) is 0 Å². The fraction of sp³-hybridized carbons (Fsp3) is 0.286. The van der Waals surface area contributed by atoms with Crippen molar-refractivity contribution in [2.45, 2.75) is 25.2 Å². The maximum Gasteiger partial charge on any atom is 0.142 e. The molecule has 0 radical (unpaired) electrons. The van der Waals surface area contributed by atoms with Gasteiger partial charge >= 0.3 is 0 Å². The molecule has 1 aliphatic carbocycles. The highest BCUT2D eigenvalue weighted by Crippen LogP contribution is 2.47. The number of rotatable bonds is 2. The maximum absolute atomic E-state index is 13.8. The predicted octanol–water partition coefficient (Wildman–Crippen LogP) is 4.64. The second kappa shape index (κ2) is 4.43. The molecule has 5 heteroatoms. The summed E-state index contributed by atoms with van der Waals surface area (Å²) in [4.78, 5) is 8.58. The first-order valence-corrected chi connectivity index (χ1v) is 6.75. The van der Waals surface area contributed by atoms with Gasteiger partial charge in [-0.15, -0.1) is 0 Å². The van der Waals surface area contributed by atoms with Crippen molar-refractivity contribution in [1.82, 2.24) is 9.97 Å². The molecule has 0 spiro atoms. The molecule has 0 N–H and O–H groups in total. The van der Waals surface area contributed by atoms with Crippen LogP contribution in [0.15, 0.2) is 24.3 Å². The van der Waals surface area contributed by atoms with Gasteiger partial charge in [-0.25, -0.2) is 14.4 Å². The van der Waals surface area contributed by atoms with Crippen molar-refractivity contribution in [3.05, 3.63) is 46.2 Å². The highest BCUT2D eigenvalue weighted by atomic mass is 35.5. The van der Waals surface area contributed by atoms with E-state index in [1.807, 2.05) is 0 Å². The fourth-order valence-electron chi connectivity index (χ4n) is 1.98. The minimum Gasteiger partial charge on any atom is -0.220 e. The molecule has 2 aromatic rings. The van der Waals surface area contributed by atoms with Crippen molar-refractivity contribution in [3.63, 3.8) is 0 Å². The van der Waals surface area contributed by atoms with Gasteiger partial charge in [0, 0.05) is 11.0 Å². The Balaban J connectivity index is 2.16. The normalized spacial score (nSPS) is 16.4. The molecule has 2 nitrogen and oxygen atoms in total. The molecular weight excluding hydrogens is 286 g/mol. The summed E-state index contributed by atoms with van der Waals surface area (Å²) < 4.78 is 13.8. The van der Waals surface area contributed by atoms with Gasteiger partial charge in [-0.1, -0.05) is 48.3 Å². The van der Waals surface area contributed by atoms with E-state index in [0.29, 0.717) is 17.0 Å². The zero-order chi connectivity index (χ0) is 13.6. The van der Waals surface area contributed by atoms with E-state index in [9.17, 15) is 4.39 Å². The zero-order valence-electron chi connectivity index (χ0n) is 10.3. The first-order valence-electron chi connectivity index (χ1n) is 6.00. The second-order valence-corrected chi connectivity index (χ2v) is 5.76. The molecule has 19 heavy (non-hydrogen) atoms. The molecule has 0 saturated heterocycles. The van der Waals surface area contributed by atoms with Gasteiger partial charge in [0.1, 0.15) is 21.9 Å². The Bertz CT molecular complexity index is 631. The third-order valence-corrected chi connectivity index (χ3v) is 4.05. The van der Waals surface area contributed by atoms with Gasteiger partial charge in [-0.2, -0.15) is 0 Å². The Morgan fingerprint density at radius 1 is 1.11 bits per heavy atom. The molecule has 1 aliphatic rings. The Labute approximate surface area is 120 Å². The Morgan fingerprint density at radius 3 is 2.21 bits per heavy atom. The molecule has 0 bridgehead atoms. The van der Waals surface area contributed by atoms with E-state index >= 15 is 0 Å². The molecule has 0 unspecified atom stereocenters. The summed E-state index contributed by atoms with van der Waals surface area (Å²) in [6, 6.07) is 6.31. The lowest BCUT2D eigenvalue weighted by atomic mass is 10.1. The highest BCUT2D eigenvalue weighted by molar-refractivity contribution is 6.37. The minimum absolute atomic E-state index is 0.0267. The van der Waals surface area contributed by atoms with Crippen molar-refractivity contribution < 1.29 is 4.39 Å². The molecule has 0 atom stereocenters. The number of aromatic nitrogens is 2. The van der Waals surface area contributed by atoms with Gasteiger partial charge in [-0.3, -0.25) is 0 Å². The van der Waals surface area contributed by atoms with Crippen LogP contribution in [0.1, 0.15) is 25.6 Å². The van der Waals surface area contributed by atoms with Crippen molar-refractivity contribution in [2.75, 3.05) is 0 Å². The fourth-order valence-corrected chi connectivity index (χ4v) is 2.57. The van der Waals surface area contributed by atoms with Crippen LogP contribution < -0.4 is 0 Å². The molecule has 0 amide bonds. The molecule has 1 saturated carbocycles. The van der Waals surface area contributed by atoms with Crippen LogP contribution in [0.3, 0.4) is 0 Å². The van der Waals surface area contributed by atoms with Gasteiger partial charge in [-0.05, 0) is 18.9 Å². The number of nitrogens with zero attached hydrogens (tertiary/aromatic N) is 2. The van der Waals surface area contributed by atoms with E-state index in [2.05, 4.69) is 16.9 Å². The molecule has 1 aromatic carbocycles. The molecule has 1 heterocycles. The third-order valence-electron chi connectivity index (χ3n) is 3.50. The Hall–Kier alpha value is -1.19. The molecule has 1 aromatic heterocycles. The standard InChI is InChI=1S/C14H11Cl2FN2/c1-14(6-7-14)13-18-11(15)10(12(16)19-13)8-4-2-3-5-9(8)17/h2-5H,6-7H2,1H3. The van der Waals surface area contributed by atoms with Crippen LogP contribution in [-0.4, -0.2) is 9.97 Å². The van der Waals surface area contributed by atoms with E-state index in [-0.39, 0.29) is 21.5 Å². The number of benzene rings is 1. The van der Waals surface area contributed by atoms with Crippen molar-refractivity contribution >= 4 is 23.2 Å². The molecule has 1 fully saturated rings. The third kappa shape index (κ3) is 2.21. The Kier molecular flexibility index (Phi) is 2.99. The average molecular weight is 297 g/mol. The summed E-state index contributed by atoms with van der Waals surface area (Å²) >= 11 is 12.3. The van der Waals surface area contributed by atoms with Crippen molar-refractivity contribution in [2.24, 2.45) is 0 Å². The smallest absolute Gasteiger partial charge is 0.142 e.